The van der Waals surface area contributed by atoms with Crippen molar-refractivity contribution >= 4 is 43.2 Å². The molecular weight excluding hydrogens is 442 g/mol. The first-order chi connectivity index (χ1) is 15.2. The molecule has 0 aliphatic rings. The third-order valence-corrected chi connectivity index (χ3v) is 7.82. The summed E-state index contributed by atoms with van der Waals surface area (Å²) in [5.41, 5.74) is 2.62. The maximum Gasteiger partial charge on any atom is 0.261 e. The lowest BCUT2D eigenvalue weighted by atomic mass is 10.2. The van der Waals surface area contributed by atoms with Crippen LogP contribution in [0.3, 0.4) is 0 Å². The second kappa shape index (κ2) is 8.72. The van der Waals surface area contributed by atoms with Gasteiger partial charge in [-0.05, 0) is 61.9 Å². The number of hydrogen-bond acceptors (Lipinski definition) is 5. The largest absolute Gasteiger partial charge is 0.333 e. The molecule has 0 saturated heterocycles. The van der Waals surface area contributed by atoms with Crippen LogP contribution in [0.15, 0.2) is 77.7 Å². The molecule has 1 heterocycles. The Bertz CT molecular complexity index is 1360. The summed E-state index contributed by atoms with van der Waals surface area (Å²) >= 11 is 1.55. The lowest BCUT2D eigenvalue weighted by Gasteiger charge is -2.23. The van der Waals surface area contributed by atoms with Gasteiger partial charge in [0, 0.05) is 18.3 Å². The van der Waals surface area contributed by atoms with E-state index in [1.54, 1.807) is 53.6 Å². The average Bonchev–Trinajstić information content (AvgIpc) is 3.22. The number of benzene rings is 3. The number of carbonyl (C=O) groups excluding carboxylic acids is 1. The van der Waals surface area contributed by atoms with E-state index < -0.39 is 10.0 Å². The fourth-order valence-electron chi connectivity index (χ4n) is 3.33. The highest BCUT2D eigenvalue weighted by atomic mass is 32.2. The minimum Gasteiger partial charge on any atom is -0.333 e. The smallest absolute Gasteiger partial charge is 0.261 e. The van der Waals surface area contributed by atoms with Crippen molar-refractivity contribution in [2.24, 2.45) is 0 Å². The molecule has 164 valence electrons. The Hall–Kier alpha value is -3.23. The predicted octanol–water partition coefficient (Wildman–Crippen LogP) is 5.24. The topological polar surface area (TPSA) is 79.4 Å². The molecule has 0 fully saturated rings. The summed E-state index contributed by atoms with van der Waals surface area (Å²) in [4.78, 5) is 19.4. The van der Waals surface area contributed by atoms with Gasteiger partial charge >= 0.3 is 0 Å². The van der Waals surface area contributed by atoms with E-state index in [0.29, 0.717) is 11.3 Å². The maximum atomic E-state index is 13.1. The van der Waals surface area contributed by atoms with E-state index in [1.165, 1.54) is 12.1 Å². The number of hydrogen-bond donors (Lipinski definition) is 1. The molecule has 0 bridgehead atoms. The molecule has 4 aromatic rings. The van der Waals surface area contributed by atoms with E-state index in [9.17, 15) is 13.2 Å². The van der Waals surface area contributed by atoms with Crippen LogP contribution in [-0.4, -0.2) is 31.3 Å². The normalized spacial score (nSPS) is 12.5. The van der Waals surface area contributed by atoms with E-state index in [-0.39, 0.29) is 16.8 Å². The molecule has 4 rings (SSSR count). The highest BCUT2D eigenvalue weighted by Gasteiger charge is 2.23. The standard InChI is InChI=1S/C24H23N3O3S2/c1-16-8-6-10-19(14-16)26-32(29,30)20-11-7-9-18(15-20)24(28)27(3)17(2)23-25-21-12-4-5-13-22(21)31-23/h4-15,17,26H,1-3H3/t17-/m1/s1. The summed E-state index contributed by atoms with van der Waals surface area (Å²) < 4.78 is 29.4. The monoisotopic (exact) mass is 465 g/mol. The molecule has 3 aromatic carbocycles. The van der Waals surface area contributed by atoms with Gasteiger partial charge in [-0.3, -0.25) is 9.52 Å². The zero-order valence-corrected chi connectivity index (χ0v) is 19.6. The highest BCUT2D eigenvalue weighted by Crippen LogP contribution is 2.29. The molecular formula is C24H23N3O3S2. The predicted molar refractivity (Wildman–Crippen MR) is 129 cm³/mol. The lowest BCUT2D eigenvalue weighted by molar-refractivity contribution is 0.0742. The van der Waals surface area contributed by atoms with E-state index in [4.69, 9.17) is 0 Å². The van der Waals surface area contributed by atoms with Crippen LogP contribution in [0.4, 0.5) is 5.69 Å². The van der Waals surface area contributed by atoms with Gasteiger partial charge in [0.15, 0.2) is 0 Å². The minimum atomic E-state index is -3.83. The summed E-state index contributed by atoms with van der Waals surface area (Å²) in [7, 11) is -2.13. The van der Waals surface area contributed by atoms with Gasteiger partial charge in [0.25, 0.3) is 15.9 Å². The Morgan fingerprint density at radius 2 is 1.78 bits per heavy atom. The van der Waals surface area contributed by atoms with Gasteiger partial charge in [0.1, 0.15) is 5.01 Å². The number of para-hydroxylation sites is 1. The first-order valence-electron chi connectivity index (χ1n) is 10.1. The number of amides is 1. The van der Waals surface area contributed by atoms with Crippen molar-refractivity contribution in [1.29, 1.82) is 0 Å². The quantitative estimate of drug-likeness (QED) is 0.422. The molecule has 6 nitrogen and oxygen atoms in total. The van der Waals surface area contributed by atoms with Crippen LogP contribution in [0.25, 0.3) is 10.2 Å². The molecule has 32 heavy (non-hydrogen) atoms. The molecule has 0 aliphatic heterocycles. The van der Waals surface area contributed by atoms with Crippen molar-refractivity contribution in [1.82, 2.24) is 9.88 Å². The van der Waals surface area contributed by atoms with E-state index in [2.05, 4.69) is 9.71 Å². The zero-order valence-electron chi connectivity index (χ0n) is 17.9. The summed E-state index contributed by atoms with van der Waals surface area (Å²) in [5, 5.41) is 0.826. The Morgan fingerprint density at radius 3 is 2.53 bits per heavy atom. The molecule has 0 radical (unpaired) electrons. The minimum absolute atomic E-state index is 0.0332. The summed E-state index contributed by atoms with van der Waals surface area (Å²) in [5.74, 6) is -0.274. The number of rotatable bonds is 6. The first-order valence-corrected chi connectivity index (χ1v) is 12.4. The molecule has 1 aromatic heterocycles. The third kappa shape index (κ3) is 4.51. The summed E-state index contributed by atoms with van der Waals surface area (Å²) in [6.45, 7) is 3.80. The van der Waals surface area contributed by atoms with Gasteiger partial charge < -0.3 is 4.90 Å². The Morgan fingerprint density at radius 1 is 1.03 bits per heavy atom. The molecule has 0 spiro atoms. The number of fused-ring (bicyclic) bond motifs is 1. The Balaban J connectivity index is 1.57. The number of thiazole rings is 1. The van der Waals surface area contributed by atoms with Crippen molar-refractivity contribution in [3.8, 4) is 0 Å². The maximum absolute atomic E-state index is 13.1. The third-order valence-electron chi connectivity index (χ3n) is 5.23. The average molecular weight is 466 g/mol. The second-order valence-electron chi connectivity index (χ2n) is 7.61. The van der Waals surface area contributed by atoms with Crippen molar-refractivity contribution in [3.05, 3.63) is 88.9 Å². The number of nitrogens with one attached hydrogen (secondary N) is 1. The Kier molecular flexibility index (Phi) is 5.99. The van der Waals surface area contributed by atoms with E-state index in [1.807, 2.05) is 44.2 Å². The van der Waals surface area contributed by atoms with Gasteiger partial charge in [0.05, 0.1) is 21.2 Å². The first kappa shape index (κ1) is 22.0. The van der Waals surface area contributed by atoms with Crippen LogP contribution in [0.1, 0.15) is 33.9 Å². The molecule has 0 aliphatic carbocycles. The van der Waals surface area contributed by atoms with Gasteiger partial charge in [-0.15, -0.1) is 11.3 Å². The van der Waals surface area contributed by atoms with Gasteiger partial charge in [0.2, 0.25) is 0 Å². The van der Waals surface area contributed by atoms with Gasteiger partial charge in [-0.25, -0.2) is 13.4 Å². The van der Waals surface area contributed by atoms with E-state index >= 15 is 0 Å². The van der Waals surface area contributed by atoms with Crippen molar-refractivity contribution in [2.75, 3.05) is 11.8 Å². The number of carbonyl (C=O) groups is 1. The van der Waals surface area contributed by atoms with Crippen molar-refractivity contribution < 1.29 is 13.2 Å². The van der Waals surface area contributed by atoms with Crippen LogP contribution in [-0.2, 0) is 10.0 Å². The van der Waals surface area contributed by atoms with Crippen LogP contribution >= 0.6 is 11.3 Å². The van der Waals surface area contributed by atoms with Crippen LogP contribution < -0.4 is 4.72 Å². The molecule has 1 atom stereocenters. The molecule has 1 N–H and O–H groups in total. The molecule has 0 unspecified atom stereocenters. The number of aryl methyl sites for hydroxylation is 1. The number of anilines is 1. The SMILES string of the molecule is Cc1cccc(NS(=O)(=O)c2cccc(C(=O)N(C)[C@H](C)c3nc4ccccc4s3)c2)c1. The lowest BCUT2D eigenvalue weighted by Crippen LogP contribution is -2.29. The molecule has 8 heteroatoms. The van der Waals surface area contributed by atoms with Gasteiger partial charge in [-0.1, -0.05) is 30.3 Å². The van der Waals surface area contributed by atoms with Crippen molar-refractivity contribution in [3.63, 3.8) is 0 Å². The number of sulfonamides is 1. The van der Waals surface area contributed by atoms with Crippen LogP contribution in [0.5, 0.6) is 0 Å². The summed E-state index contributed by atoms with van der Waals surface area (Å²) in [6, 6.07) is 20.8. The molecule has 1 amide bonds. The molecule has 0 saturated carbocycles. The fraction of sp³-hybridized carbons (Fsp3) is 0.167. The zero-order chi connectivity index (χ0) is 22.9. The number of nitrogens with zero attached hydrogens (tertiary/aromatic N) is 2. The number of aromatic nitrogens is 1. The van der Waals surface area contributed by atoms with E-state index in [0.717, 1.165) is 20.8 Å². The fourth-order valence-corrected chi connectivity index (χ4v) is 5.49. The highest BCUT2D eigenvalue weighted by molar-refractivity contribution is 7.92. The second-order valence-corrected chi connectivity index (χ2v) is 10.4. The van der Waals surface area contributed by atoms with Crippen molar-refractivity contribution in [2.45, 2.75) is 24.8 Å². The summed E-state index contributed by atoms with van der Waals surface area (Å²) in [6.07, 6.45) is 0. The van der Waals surface area contributed by atoms with Crippen LogP contribution in [0.2, 0.25) is 0 Å². The Labute approximate surface area is 191 Å². The van der Waals surface area contributed by atoms with Gasteiger partial charge in [-0.2, -0.15) is 0 Å². The van der Waals surface area contributed by atoms with Crippen LogP contribution in [0, 0.1) is 6.92 Å².